The van der Waals surface area contributed by atoms with Gasteiger partial charge in [-0.25, -0.2) is 0 Å². The van der Waals surface area contributed by atoms with Crippen molar-refractivity contribution in [2.75, 3.05) is 41.4 Å². The molecule has 0 spiro atoms. The number of aliphatic hydroxyl groups is 3. The fourth-order valence-corrected chi connectivity index (χ4v) is 10.5. The van der Waals surface area contributed by atoms with Gasteiger partial charge < -0.3 is 58.5 Å². The second-order valence-corrected chi connectivity index (χ2v) is 19.3. The fourth-order valence-electron chi connectivity index (χ4n) is 10.5. The summed E-state index contributed by atoms with van der Waals surface area (Å²) in [6.07, 6.45) is -6.18. The predicted octanol–water partition coefficient (Wildman–Crippen LogP) is 3.24. The maximum Gasteiger partial charge on any atom is 0.311 e. The van der Waals surface area contributed by atoms with Crippen LogP contribution in [0.5, 0.6) is 0 Å². The van der Waals surface area contributed by atoms with Crippen LogP contribution in [0.25, 0.3) is 0 Å². The number of nitrogens with zero attached hydrogens (tertiary/aromatic N) is 2. The van der Waals surface area contributed by atoms with Gasteiger partial charge in [0.1, 0.15) is 23.6 Å². The van der Waals surface area contributed by atoms with Crippen LogP contribution >= 0.6 is 0 Å². The molecular formula is C44H78N2O14. The molecule has 16 heteroatoms. The van der Waals surface area contributed by atoms with Crippen LogP contribution in [0.1, 0.15) is 108 Å². The van der Waals surface area contributed by atoms with Crippen LogP contribution in [0.2, 0.25) is 0 Å². The lowest BCUT2D eigenvalue weighted by Gasteiger charge is -2.52. The summed E-state index contributed by atoms with van der Waals surface area (Å²) in [6.45, 7) is 18.6. The molecule has 16 nitrogen and oxygen atoms in total. The largest absolute Gasteiger partial charge is 0.481 e. The van der Waals surface area contributed by atoms with E-state index in [0.29, 0.717) is 32.4 Å². The molecule has 4 saturated heterocycles. The molecule has 60 heavy (non-hydrogen) atoms. The monoisotopic (exact) mass is 859 g/mol. The zero-order valence-electron chi connectivity index (χ0n) is 38.7. The Morgan fingerprint density at radius 2 is 1.48 bits per heavy atom. The highest BCUT2D eigenvalue weighted by atomic mass is 16.7. The molecule has 0 bridgehead atoms. The van der Waals surface area contributed by atoms with Gasteiger partial charge in [-0.3, -0.25) is 19.3 Å². The highest BCUT2D eigenvalue weighted by Gasteiger charge is 2.54. The number of Topliss-reactive ketones (excluding diaryl/α,β-unsaturated/α-hetero) is 1. The molecule has 0 aromatic rings. The van der Waals surface area contributed by atoms with Gasteiger partial charge >= 0.3 is 11.9 Å². The minimum Gasteiger partial charge on any atom is -0.481 e. The summed E-state index contributed by atoms with van der Waals surface area (Å²) in [5, 5.41) is 44.1. The molecule has 0 aromatic carbocycles. The van der Waals surface area contributed by atoms with E-state index in [2.05, 4.69) is 9.80 Å². The maximum absolute atomic E-state index is 14.4. The number of aliphatic hydroxyl groups excluding tert-OH is 2. The van der Waals surface area contributed by atoms with Gasteiger partial charge in [0.15, 0.2) is 12.6 Å². The lowest BCUT2D eigenvalue weighted by Crippen LogP contribution is -2.65. The number of hydrogen-bond acceptors (Lipinski definition) is 15. The average Bonchev–Trinajstić information content (AvgIpc) is 3.20. The van der Waals surface area contributed by atoms with Crippen LogP contribution in [0, 0.1) is 29.6 Å². The molecule has 4 fully saturated rings. The Bertz CT molecular complexity index is 1440. The minimum atomic E-state index is -1.98. The number of hydrogen-bond donors (Lipinski definition) is 4. The standard InChI is InChI=1S/C44H78N2O14/c1-15-31-44(10,53)36(48)25(4)34(47)23(2)21-43(9,55-14)38(26(5)35(27(6)40(52)58-31)59-32-22-42(8,54-13)37(49)28(7)57-32)60-41-33(45(11)12)30(20-24(3)56-41)46-18-16-29(17-19-46)39(50)51/h23-33,35-38,41,48-49,53H,15-22H2,1-14H3,(H,50,51)/t23-,24-,25+,26+,27-,28+,30-,31-,32+,33+,35+,36-,37+,38-,41+,42-,43+,44-/m1/s1. The van der Waals surface area contributed by atoms with Crippen LogP contribution < -0.4 is 0 Å². The first-order chi connectivity index (χ1) is 27.9. The number of ether oxygens (including phenoxy) is 7. The Labute approximate surface area is 357 Å². The summed E-state index contributed by atoms with van der Waals surface area (Å²) in [4.78, 5) is 44.9. The first kappa shape index (κ1) is 50.8. The molecule has 4 aliphatic rings. The van der Waals surface area contributed by atoms with Gasteiger partial charge in [-0.2, -0.15) is 0 Å². The molecule has 0 aliphatic carbocycles. The first-order valence-corrected chi connectivity index (χ1v) is 22.0. The topological polar surface area (TPSA) is 203 Å². The van der Waals surface area contributed by atoms with Gasteiger partial charge in [-0.15, -0.1) is 0 Å². The maximum atomic E-state index is 14.4. The number of esters is 1. The van der Waals surface area contributed by atoms with Crippen molar-refractivity contribution in [1.29, 1.82) is 0 Å². The number of carboxylic acid groups (broad SMARTS) is 1. The molecule has 0 saturated carbocycles. The number of cyclic esters (lactones) is 1. The summed E-state index contributed by atoms with van der Waals surface area (Å²) in [5.41, 5.74) is -4.26. The number of carboxylic acids is 1. The van der Waals surface area contributed by atoms with E-state index in [9.17, 15) is 34.8 Å². The Kier molecular flexibility index (Phi) is 17.2. The average molecular weight is 859 g/mol. The summed E-state index contributed by atoms with van der Waals surface area (Å²) in [7, 11) is 6.98. The number of aliphatic carboxylic acids is 1. The highest BCUT2D eigenvalue weighted by molar-refractivity contribution is 5.83. The van der Waals surface area contributed by atoms with Crippen LogP contribution in [0.15, 0.2) is 0 Å². The molecule has 18 atom stereocenters. The third kappa shape index (κ3) is 10.7. The molecule has 4 rings (SSSR count). The van der Waals surface area contributed by atoms with Crippen molar-refractivity contribution in [3.63, 3.8) is 0 Å². The van der Waals surface area contributed by atoms with E-state index < -0.39 is 108 Å². The van der Waals surface area contributed by atoms with Crippen molar-refractivity contribution >= 4 is 17.7 Å². The molecule has 4 N–H and O–H groups in total. The van der Waals surface area contributed by atoms with E-state index >= 15 is 0 Å². The van der Waals surface area contributed by atoms with Crippen LogP contribution in [-0.4, -0.2) is 174 Å². The van der Waals surface area contributed by atoms with Gasteiger partial charge in [-0.1, -0.05) is 27.7 Å². The normalized spacial score (nSPS) is 46.2. The van der Waals surface area contributed by atoms with Crippen LogP contribution in [0.3, 0.4) is 0 Å². The van der Waals surface area contributed by atoms with E-state index in [4.69, 9.17) is 33.2 Å². The van der Waals surface area contributed by atoms with Crippen molar-refractivity contribution in [2.24, 2.45) is 29.6 Å². The Balaban J connectivity index is 1.86. The Morgan fingerprint density at radius 1 is 0.883 bits per heavy atom. The second kappa shape index (κ2) is 20.3. The number of ketones is 1. The number of piperidine rings is 1. The van der Waals surface area contributed by atoms with Crippen LogP contribution in [0.4, 0.5) is 0 Å². The molecule has 4 aliphatic heterocycles. The van der Waals surface area contributed by atoms with Crippen molar-refractivity contribution < 1.29 is 68.0 Å². The van der Waals surface area contributed by atoms with E-state index in [1.807, 2.05) is 34.9 Å². The van der Waals surface area contributed by atoms with Crippen LogP contribution in [-0.2, 0) is 47.5 Å². The smallest absolute Gasteiger partial charge is 0.311 e. The number of carbonyl (C=O) groups excluding carboxylic acids is 2. The van der Waals surface area contributed by atoms with Crippen molar-refractivity contribution in [2.45, 2.75) is 192 Å². The molecule has 0 unspecified atom stereocenters. The van der Waals surface area contributed by atoms with Gasteiger partial charge in [-0.05, 0) is 101 Å². The third-order valence-electron chi connectivity index (χ3n) is 14.5. The van der Waals surface area contributed by atoms with Gasteiger partial charge in [0.25, 0.3) is 0 Å². The first-order valence-electron chi connectivity index (χ1n) is 22.0. The molecule has 4 heterocycles. The zero-order chi connectivity index (χ0) is 45.2. The molecule has 0 aromatic heterocycles. The quantitative estimate of drug-likeness (QED) is 0.233. The number of rotatable bonds is 10. The van der Waals surface area contributed by atoms with Gasteiger partial charge in [0, 0.05) is 44.4 Å². The molecule has 0 radical (unpaired) electrons. The zero-order valence-corrected chi connectivity index (χ0v) is 38.7. The van der Waals surface area contributed by atoms with Gasteiger partial charge in [0.2, 0.25) is 0 Å². The lowest BCUT2D eigenvalue weighted by molar-refractivity contribution is -0.314. The molecule has 0 amide bonds. The summed E-state index contributed by atoms with van der Waals surface area (Å²) in [5.74, 6) is -5.61. The van der Waals surface area contributed by atoms with E-state index in [0.717, 1.165) is 0 Å². The minimum absolute atomic E-state index is 0.0519. The third-order valence-corrected chi connectivity index (χ3v) is 14.5. The molecule has 348 valence electrons. The van der Waals surface area contributed by atoms with Crippen molar-refractivity contribution in [3.05, 3.63) is 0 Å². The number of methoxy groups -OCH3 is 2. The predicted molar refractivity (Wildman–Crippen MR) is 221 cm³/mol. The van der Waals surface area contributed by atoms with E-state index in [1.54, 1.807) is 48.7 Å². The van der Waals surface area contributed by atoms with E-state index in [1.165, 1.54) is 14.0 Å². The molecular weight excluding hydrogens is 780 g/mol. The summed E-state index contributed by atoms with van der Waals surface area (Å²) < 4.78 is 45.4. The second-order valence-electron chi connectivity index (χ2n) is 19.3. The number of likely N-dealkylation sites (N-methyl/N-ethyl adjacent to an activating group) is 1. The fraction of sp³-hybridized carbons (Fsp3) is 0.932. The highest BCUT2D eigenvalue weighted by Crippen LogP contribution is 2.42. The summed E-state index contributed by atoms with van der Waals surface area (Å²) in [6, 6.07) is -0.372. The van der Waals surface area contributed by atoms with Gasteiger partial charge in [0.05, 0.1) is 59.6 Å². The number of likely N-dealkylation sites (tertiary alicyclic amines) is 1. The Morgan fingerprint density at radius 3 is 2.02 bits per heavy atom. The Hall–Kier alpha value is -1.83. The van der Waals surface area contributed by atoms with E-state index in [-0.39, 0.29) is 43.2 Å². The lowest BCUT2D eigenvalue weighted by atomic mass is 9.73. The summed E-state index contributed by atoms with van der Waals surface area (Å²) >= 11 is 0. The van der Waals surface area contributed by atoms with Crippen molar-refractivity contribution in [1.82, 2.24) is 9.80 Å². The van der Waals surface area contributed by atoms with Crippen molar-refractivity contribution in [3.8, 4) is 0 Å². The number of carbonyl (C=O) groups is 3. The SMILES string of the molecule is CC[C@H]1OC(=O)[C@H](C)[C@@H](O[C@H]2C[C@@](C)(OC)[C@@H](O)[C@H](C)O2)[C@H](C)[C@@H](O[C@@H]2O[C@H](C)C[C@@H](N3CCC(C(=O)O)CC3)[C@@H]2N(C)C)[C@@](C)(OC)C[C@@H](C)C(=O)[C@H](C)[C@@H](O)[C@]1(C)O.